The molecule has 0 spiro atoms. The maximum absolute atomic E-state index is 13.3. The smallest absolute Gasteiger partial charge is 0.125 e. The molecule has 1 aromatic rings. The number of anilines is 1. The molecule has 1 aliphatic rings. The summed E-state index contributed by atoms with van der Waals surface area (Å²) in [6, 6.07) is 4.99. The van der Waals surface area contributed by atoms with Crippen molar-refractivity contribution in [3.8, 4) is 0 Å². The van der Waals surface area contributed by atoms with E-state index in [2.05, 4.69) is 11.8 Å². The van der Waals surface area contributed by atoms with Gasteiger partial charge in [-0.15, -0.1) is 0 Å². The third-order valence-electron chi connectivity index (χ3n) is 4.57. The predicted octanol–water partition coefficient (Wildman–Crippen LogP) is 3.51. The van der Waals surface area contributed by atoms with Crippen LogP contribution < -0.4 is 10.6 Å². The van der Waals surface area contributed by atoms with Crippen LogP contribution in [0.15, 0.2) is 18.2 Å². The van der Waals surface area contributed by atoms with Crippen LogP contribution in [0, 0.1) is 17.1 Å². The first kappa shape index (κ1) is 14.8. The molecule has 0 unspecified atom stereocenters. The van der Waals surface area contributed by atoms with E-state index in [4.69, 9.17) is 11.1 Å². The van der Waals surface area contributed by atoms with Gasteiger partial charge in [-0.3, -0.25) is 5.41 Å². The van der Waals surface area contributed by atoms with Crippen LogP contribution in [-0.4, -0.2) is 18.9 Å². The minimum absolute atomic E-state index is 0.0754. The van der Waals surface area contributed by atoms with Crippen LogP contribution in [0.1, 0.15) is 44.6 Å². The van der Waals surface area contributed by atoms with E-state index in [1.165, 1.54) is 31.4 Å². The Bertz CT molecular complexity index is 479. The summed E-state index contributed by atoms with van der Waals surface area (Å²) in [5, 5.41) is 7.63. The van der Waals surface area contributed by atoms with Crippen LogP contribution in [0.25, 0.3) is 0 Å². The summed E-state index contributed by atoms with van der Waals surface area (Å²) in [6.45, 7) is 2.25. The minimum Gasteiger partial charge on any atom is -0.384 e. The Morgan fingerprint density at radius 1 is 1.35 bits per heavy atom. The Morgan fingerprint density at radius 3 is 2.55 bits per heavy atom. The molecule has 0 atom stereocenters. The molecule has 0 aromatic heterocycles. The fourth-order valence-electron chi connectivity index (χ4n) is 3.17. The molecule has 0 radical (unpaired) electrons. The van der Waals surface area contributed by atoms with Crippen LogP contribution in [0.4, 0.5) is 10.1 Å². The van der Waals surface area contributed by atoms with Gasteiger partial charge in [-0.25, -0.2) is 4.39 Å². The summed E-state index contributed by atoms with van der Waals surface area (Å²) >= 11 is 0. The zero-order valence-electron chi connectivity index (χ0n) is 12.3. The molecule has 20 heavy (non-hydrogen) atoms. The molecule has 1 fully saturated rings. The van der Waals surface area contributed by atoms with Crippen molar-refractivity contribution in [3.05, 3.63) is 29.6 Å². The minimum atomic E-state index is -0.345. The number of nitrogens with one attached hydrogen (secondary N) is 1. The highest BCUT2D eigenvalue weighted by Gasteiger charge is 2.24. The Kier molecular flexibility index (Phi) is 4.63. The number of amidine groups is 1. The first-order chi connectivity index (χ1) is 9.52. The lowest BCUT2D eigenvalue weighted by Gasteiger charge is -2.36. The molecule has 0 amide bonds. The Labute approximate surface area is 120 Å². The summed E-state index contributed by atoms with van der Waals surface area (Å²) < 4.78 is 13.3. The van der Waals surface area contributed by atoms with Crippen molar-refractivity contribution < 1.29 is 4.39 Å². The average Bonchev–Trinajstić information content (AvgIpc) is 2.46. The molecule has 1 aliphatic carbocycles. The highest BCUT2D eigenvalue weighted by Crippen LogP contribution is 2.32. The van der Waals surface area contributed by atoms with Crippen molar-refractivity contribution in [1.82, 2.24) is 0 Å². The third-order valence-corrected chi connectivity index (χ3v) is 4.57. The first-order valence-electron chi connectivity index (χ1n) is 7.39. The Balaban J connectivity index is 2.17. The van der Waals surface area contributed by atoms with E-state index in [1.807, 2.05) is 7.05 Å². The van der Waals surface area contributed by atoms with Crippen molar-refractivity contribution >= 4 is 11.5 Å². The molecule has 0 saturated heterocycles. The predicted molar refractivity (Wildman–Crippen MR) is 81.9 cm³/mol. The topological polar surface area (TPSA) is 53.1 Å². The molecule has 0 aliphatic heterocycles. The molecule has 1 aromatic carbocycles. The van der Waals surface area contributed by atoms with E-state index in [0.29, 0.717) is 11.6 Å². The molecule has 3 N–H and O–H groups in total. The van der Waals surface area contributed by atoms with Gasteiger partial charge in [0.15, 0.2) is 0 Å². The maximum Gasteiger partial charge on any atom is 0.125 e. The van der Waals surface area contributed by atoms with E-state index in [-0.39, 0.29) is 11.7 Å². The van der Waals surface area contributed by atoms with E-state index < -0.39 is 0 Å². The Morgan fingerprint density at radius 2 is 2.00 bits per heavy atom. The van der Waals surface area contributed by atoms with Gasteiger partial charge in [0.25, 0.3) is 0 Å². The van der Waals surface area contributed by atoms with Gasteiger partial charge in [0.2, 0.25) is 0 Å². The SMILES string of the molecule is CCC1CCC(N(C)c2ccc(F)cc2C(=N)N)CC1. The van der Waals surface area contributed by atoms with Crippen molar-refractivity contribution in [2.75, 3.05) is 11.9 Å². The van der Waals surface area contributed by atoms with Gasteiger partial charge in [-0.2, -0.15) is 0 Å². The van der Waals surface area contributed by atoms with Crippen molar-refractivity contribution in [1.29, 1.82) is 5.41 Å². The summed E-state index contributed by atoms with van der Waals surface area (Å²) in [5.41, 5.74) is 6.94. The lowest BCUT2D eigenvalue weighted by Crippen LogP contribution is -2.36. The zero-order chi connectivity index (χ0) is 14.7. The molecular weight excluding hydrogens is 253 g/mol. The summed E-state index contributed by atoms with van der Waals surface area (Å²) in [5.74, 6) is 0.427. The van der Waals surface area contributed by atoms with Gasteiger partial charge in [-0.05, 0) is 49.8 Å². The van der Waals surface area contributed by atoms with Crippen molar-refractivity contribution in [2.24, 2.45) is 11.7 Å². The number of hydrogen-bond donors (Lipinski definition) is 2. The fourth-order valence-corrected chi connectivity index (χ4v) is 3.17. The average molecular weight is 277 g/mol. The van der Waals surface area contributed by atoms with Crippen molar-refractivity contribution in [3.63, 3.8) is 0 Å². The molecule has 0 bridgehead atoms. The molecule has 1 saturated carbocycles. The largest absolute Gasteiger partial charge is 0.384 e. The molecule has 0 heterocycles. The molecular formula is C16H24FN3. The van der Waals surface area contributed by atoms with E-state index in [1.54, 1.807) is 6.07 Å². The van der Waals surface area contributed by atoms with Crippen LogP contribution in [0.2, 0.25) is 0 Å². The molecule has 3 nitrogen and oxygen atoms in total. The summed E-state index contributed by atoms with van der Waals surface area (Å²) in [4.78, 5) is 2.17. The lowest BCUT2D eigenvalue weighted by molar-refractivity contribution is 0.313. The monoisotopic (exact) mass is 277 g/mol. The van der Waals surface area contributed by atoms with Crippen LogP contribution in [0.5, 0.6) is 0 Å². The normalized spacial score (nSPS) is 22.6. The van der Waals surface area contributed by atoms with Gasteiger partial charge < -0.3 is 10.6 Å². The zero-order valence-corrected chi connectivity index (χ0v) is 12.3. The van der Waals surface area contributed by atoms with E-state index >= 15 is 0 Å². The second-order valence-electron chi connectivity index (χ2n) is 5.77. The third kappa shape index (κ3) is 3.11. The van der Waals surface area contributed by atoms with Gasteiger partial charge in [0, 0.05) is 24.3 Å². The lowest BCUT2D eigenvalue weighted by atomic mass is 9.84. The standard InChI is InChI=1S/C16H24FN3/c1-3-11-4-7-13(8-5-11)20(2)15-9-6-12(17)10-14(15)16(18)19/h6,9-11,13H,3-5,7-8H2,1-2H3,(H3,18,19). The van der Waals surface area contributed by atoms with E-state index in [9.17, 15) is 4.39 Å². The van der Waals surface area contributed by atoms with Gasteiger partial charge in [0.1, 0.15) is 11.7 Å². The number of rotatable bonds is 4. The number of nitrogens with zero attached hydrogens (tertiary/aromatic N) is 1. The quantitative estimate of drug-likeness (QED) is 0.653. The summed E-state index contributed by atoms with van der Waals surface area (Å²) in [7, 11) is 2.02. The molecule has 2 rings (SSSR count). The summed E-state index contributed by atoms with van der Waals surface area (Å²) in [6.07, 6.45) is 6.07. The number of benzene rings is 1. The Hall–Kier alpha value is -1.58. The number of nitrogen functional groups attached to an aromatic ring is 1. The van der Waals surface area contributed by atoms with Gasteiger partial charge in [-0.1, -0.05) is 13.3 Å². The second kappa shape index (κ2) is 6.25. The van der Waals surface area contributed by atoms with Crippen LogP contribution >= 0.6 is 0 Å². The maximum atomic E-state index is 13.3. The van der Waals surface area contributed by atoms with E-state index in [0.717, 1.165) is 24.4 Å². The van der Waals surface area contributed by atoms with Gasteiger partial charge in [0.05, 0.1) is 0 Å². The molecule has 4 heteroatoms. The highest BCUT2D eigenvalue weighted by molar-refractivity contribution is 6.00. The highest BCUT2D eigenvalue weighted by atomic mass is 19.1. The molecule has 110 valence electrons. The van der Waals surface area contributed by atoms with Crippen LogP contribution in [-0.2, 0) is 0 Å². The fraction of sp³-hybridized carbons (Fsp3) is 0.562. The number of hydrogen-bond acceptors (Lipinski definition) is 2. The first-order valence-corrected chi connectivity index (χ1v) is 7.39. The second-order valence-corrected chi connectivity index (χ2v) is 5.77. The van der Waals surface area contributed by atoms with Gasteiger partial charge >= 0.3 is 0 Å². The number of halogens is 1. The van der Waals surface area contributed by atoms with Crippen LogP contribution in [0.3, 0.4) is 0 Å². The number of nitrogens with two attached hydrogens (primary N) is 1. The van der Waals surface area contributed by atoms with Crippen molar-refractivity contribution in [2.45, 2.75) is 45.1 Å².